The third-order valence-electron chi connectivity index (χ3n) is 3.20. The van der Waals surface area contributed by atoms with Crippen molar-refractivity contribution in [1.82, 2.24) is 0 Å². The van der Waals surface area contributed by atoms with E-state index in [1.54, 1.807) is 37.4 Å². The van der Waals surface area contributed by atoms with Gasteiger partial charge in [0, 0.05) is 5.02 Å². The molecule has 0 aliphatic rings. The Morgan fingerprint density at radius 1 is 1.14 bits per heavy atom. The van der Waals surface area contributed by atoms with Crippen molar-refractivity contribution in [1.29, 1.82) is 0 Å². The number of phenolic OH excluding ortho intramolecular Hbond substituents is 1. The van der Waals surface area contributed by atoms with Gasteiger partial charge in [0.05, 0.1) is 17.8 Å². The first-order valence-corrected chi connectivity index (χ1v) is 7.53. The summed E-state index contributed by atoms with van der Waals surface area (Å²) in [5.74, 6) is 1.41. The number of aromatic hydroxyl groups is 1. The van der Waals surface area contributed by atoms with Crippen molar-refractivity contribution >= 4 is 28.9 Å². The summed E-state index contributed by atoms with van der Waals surface area (Å²) in [4.78, 5) is 0. The third kappa shape index (κ3) is 3.70. The Kier molecular flexibility index (Phi) is 5.63. The van der Waals surface area contributed by atoms with Gasteiger partial charge in [0.25, 0.3) is 0 Å². The van der Waals surface area contributed by atoms with Gasteiger partial charge >= 0.3 is 0 Å². The Bertz CT molecular complexity index is 645. The molecule has 4 nitrogen and oxygen atoms in total. The van der Waals surface area contributed by atoms with Crippen LogP contribution < -0.4 is 14.8 Å². The summed E-state index contributed by atoms with van der Waals surface area (Å²) in [6.45, 7) is 2.09. The molecule has 0 aliphatic heterocycles. The predicted octanol–water partition coefficient (Wildman–Crippen LogP) is 4.72. The van der Waals surface area contributed by atoms with E-state index >= 15 is 0 Å². The van der Waals surface area contributed by atoms with E-state index in [0.717, 1.165) is 11.3 Å². The van der Waals surface area contributed by atoms with Crippen LogP contribution in [0.3, 0.4) is 0 Å². The molecule has 0 amide bonds. The Labute approximate surface area is 139 Å². The van der Waals surface area contributed by atoms with E-state index in [-0.39, 0.29) is 17.5 Å². The quantitative estimate of drug-likeness (QED) is 0.589. The maximum atomic E-state index is 10.1. The summed E-state index contributed by atoms with van der Waals surface area (Å²) in [6.07, 6.45) is 0.647. The number of nitrogens with one attached hydrogen (secondary N) is 1. The molecule has 0 saturated heterocycles. The molecule has 2 rings (SSSR count). The molecule has 0 unspecified atom stereocenters. The molecule has 2 N–H and O–H groups in total. The molecule has 0 fully saturated rings. The van der Waals surface area contributed by atoms with Crippen LogP contribution in [0.15, 0.2) is 30.3 Å². The second kappa shape index (κ2) is 7.47. The van der Waals surface area contributed by atoms with Gasteiger partial charge < -0.3 is 19.9 Å². The van der Waals surface area contributed by atoms with Crippen molar-refractivity contribution in [3.8, 4) is 17.2 Å². The van der Waals surface area contributed by atoms with Gasteiger partial charge in [0.1, 0.15) is 11.5 Å². The lowest BCUT2D eigenvalue weighted by atomic mass is 10.1. The highest BCUT2D eigenvalue weighted by atomic mass is 35.5. The van der Waals surface area contributed by atoms with Crippen molar-refractivity contribution in [2.24, 2.45) is 0 Å². The van der Waals surface area contributed by atoms with E-state index < -0.39 is 0 Å². The molecule has 0 radical (unpaired) electrons. The number of hydrogen-bond acceptors (Lipinski definition) is 4. The monoisotopic (exact) mass is 341 g/mol. The molecule has 0 saturated carbocycles. The first-order valence-electron chi connectivity index (χ1n) is 6.77. The van der Waals surface area contributed by atoms with Gasteiger partial charge in [-0.3, -0.25) is 0 Å². The van der Waals surface area contributed by atoms with Crippen molar-refractivity contribution in [2.75, 3.05) is 19.2 Å². The summed E-state index contributed by atoms with van der Waals surface area (Å²) < 4.78 is 10.6. The van der Waals surface area contributed by atoms with Gasteiger partial charge in [-0.1, -0.05) is 30.1 Å². The predicted molar refractivity (Wildman–Crippen MR) is 89.6 cm³/mol. The van der Waals surface area contributed by atoms with Crippen molar-refractivity contribution in [2.45, 2.75) is 13.3 Å². The summed E-state index contributed by atoms with van der Waals surface area (Å²) >= 11 is 12.2. The molecular weight excluding hydrogens is 325 g/mol. The number of halogens is 2. The Morgan fingerprint density at radius 2 is 1.77 bits per heavy atom. The van der Waals surface area contributed by atoms with Crippen molar-refractivity contribution in [3.63, 3.8) is 0 Å². The Hall–Kier alpha value is -1.78. The van der Waals surface area contributed by atoms with Gasteiger partial charge in [0.15, 0.2) is 12.5 Å². The molecule has 2 aromatic rings. The molecule has 0 aromatic heterocycles. The summed E-state index contributed by atoms with van der Waals surface area (Å²) in [6, 6.07) is 8.83. The van der Waals surface area contributed by atoms with Crippen LogP contribution in [0.5, 0.6) is 17.2 Å². The highest BCUT2D eigenvalue weighted by Crippen LogP contribution is 2.39. The highest BCUT2D eigenvalue weighted by molar-refractivity contribution is 6.37. The van der Waals surface area contributed by atoms with Crippen LogP contribution in [0.25, 0.3) is 0 Å². The molecular formula is C16H17Cl2NO3. The van der Waals surface area contributed by atoms with E-state index in [1.807, 2.05) is 6.92 Å². The number of benzene rings is 2. The molecule has 6 heteroatoms. The Balaban J connectivity index is 2.02. The van der Waals surface area contributed by atoms with E-state index in [4.69, 9.17) is 32.7 Å². The second-order valence-electron chi connectivity index (χ2n) is 4.54. The molecule has 0 spiro atoms. The van der Waals surface area contributed by atoms with Crippen LogP contribution in [-0.4, -0.2) is 18.9 Å². The molecule has 118 valence electrons. The zero-order valence-electron chi connectivity index (χ0n) is 12.3. The smallest absolute Gasteiger partial charge is 0.159 e. The fourth-order valence-electron chi connectivity index (χ4n) is 1.98. The number of hydrogen-bond donors (Lipinski definition) is 2. The van der Waals surface area contributed by atoms with Crippen LogP contribution in [0.4, 0.5) is 5.69 Å². The lowest BCUT2D eigenvalue weighted by Crippen LogP contribution is -2.09. The van der Waals surface area contributed by atoms with Crippen LogP contribution in [0, 0.1) is 0 Å². The van der Waals surface area contributed by atoms with Crippen molar-refractivity contribution < 1.29 is 14.6 Å². The van der Waals surface area contributed by atoms with Crippen LogP contribution in [0.2, 0.25) is 10.0 Å². The van der Waals surface area contributed by atoms with E-state index in [2.05, 4.69) is 5.32 Å². The number of methoxy groups -OCH3 is 1. The molecule has 0 heterocycles. The van der Waals surface area contributed by atoms with Gasteiger partial charge in [0.2, 0.25) is 0 Å². The second-order valence-corrected chi connectivity index (χ2v) is 5.33. The van der Waals surface area contributed by atoms with E-state index in [0.29, 0.717) is 22.9 Å². The molecule has 22 heavy (non-hydrogen) atoms. The largest absolute Gasteiger partial charge is 0.504 e. The number of ether oxygens (including phenoxy) is 2. The number of phenols is 1. The topological polar surface area (TPSA) is 50.7 Å². The zero-order valence-corrected chi connectivity index (χ0v) is 13.8. The minimum atomic E-state index is -0.0266. The molecule has 0 atom stereocenters. The molecule has 0 aliphatic carbocycles. The molecule has 0 bridgehead atoms. The zero-order chi connectivity index (χ0) is 16.1. The average Bonchev–Trinajstić information content (AvgIpc) is 2.53. The van der Waals surface area contributed by atoms with Crippen LogP contribution in [-0.2, 0) is 6.42 Å². The standard InChI is InChI=1S/C16H17Cl2NO3/c1-3-12-13(17)8-14(16(20)15(12)18)19-9-22-11-6-4-10(21-2)5-7-11/h4-8,19-20H,3,9H2,1-2H3. The number of anilines is 1. The average molecular weight is 342 g/mol. The Morgan fingerprint density at radius 3 is 2.36 bits per heavy atom. The maximum Gasteiger partial charge on any atom is 0.159 e. The van der Waals surface area contributed by atoms with E-state index in [9.17, 15) is 5.11 Å². The third-order valence-corrected chi connectivity index (χ3v) is 3.95. The van der Waals surface area contributed by atoms with Gasteiger partial charge in [-0.05, 0) is 42.3 Å². The minimum Gasteiger partial charge on any atom is -0.504 e. The molecule has 2 aromatic carbocycles. The lowest BCUT2D eigenvalue weighted by Gasteiger charge is -2.14. The summed E-state index contributed by atoms with van der Waals surface area (Å²) in [7, 11) is 1.60. The maximum absolute atomic E-state index is 10.1. The first kappa shape index (κ1) is 16.6. The number of rotatable bonds is 6. The summed E-state index contributed by atoms with van der Waals surface area (Å²) in [5, 5.41) is 13.8. The van der Waals surface area contributed by atoms with Crippen LogP contribution in [0.1, 0.15) is 12.5 Å². The van der Waals surface area contributed by atoms with Gasteiger partial charge in [-0.15, -0.1) is 0 Å². The van der Waals surface area contributed by atoms with Crippen LogP contribution >= 0.6 is 23.2 Å². The van der Waals surface area contributed by atoms with E-state index in [1.165, 1.54) is 0 Å². The normalized spacial score (nSPS) is 10.4. The SMILES string of the molecule is CCc1c(Cl)cc(NCOc2ccc(OC)cc2)c(O)c1Cl. The van der Waals surface area contributed by atoms with Crippen molar-refractivity contribution in [3.05, 3.63) is 45.9 Å². The fourth-order valence-corrected chi connectivity index (χ4v) is 2.70. The van der Waals surface area contributed by atoms with Gasteiger partial charge in [-0.2, -0.15) is 0 Å². The first-order chi connectivity index (χ1) is 10.6. The summed E-state index contributed by atoms with van der Waals surface area (Å²) in [5.41, 5.74) is 1.16. The van der Waals surface area contributed by atoms with Gasteiger partial charge in [-0.25, -0.2) is 0 Å². The highest BCUT2D eigenvalue weighted by Gasteiger charge is 2.14. The fraction of sp³-hybridized carbons (Fsp3) is 0.250. The lowest BCUT2D eigenvalue weighted by molar-refractivity contribution is 0.344. The minimum absolute atomic E-state index is 0.0266.